The molecule has 1 aliphatic carbocycles. The van der Waals surface area contributed by atoms with Gasteiger partial charge in [0.15, 0.2) is 0 Å². The van der Waals surface area contributed by atoms with E-state index in [1.54, 1.807) is 36.1 Å². The molecule has 34 heavy (non-hydrogen) atoms. The van der Waals surface area contributed by atoms with Crippen LogP contribution >= 0.6 is 0 Å². The van der Waals surface area contributed by atoms with Crippen LogP contribution in [0.3, 0.4) is 0 Å². The maximum atomic E-state index is 12.9. The summed E-state index contributed by atoms with van der Waals surface area (Å²) >= 11 is 0. The molecule has 0 saturated carbocycles. The van der Waals surface area contributed by atoms with Crippen LogP contribution in [-0.2, 0) is 6.18 Å². The summed E-state index contributed by atoms with van der Waals surface area (Å²) in [6.45, 7) is 3.78. The van der Waals surface area contributed by atoms with Crippen molar-refractivity contribution in [3.05, 3.63) is 83.2 Å². The number of hydrogen-bond acceptors (Lipinski definition) is 3. The summed E-state index contributed by atoms with van der Waals surface area (Å²) in [7, 11) is 1.58. The van der Waals surface area contributed by atoms with Crippen LogP contribution in [0.2, 0.25) is 0 Å². The van der Waals surface area contributed by atoms with Gasteiger partial charge in [0.05, 0.1) is 24.1 Å². The number of halogens is 3. The number of carbonyl (C=O) groups is 1. The van der Waals surface area contributed by atoms with Crippen LogP contribution < -0.4 is 15.4 Å². The number of rotatable bonds is 5. The van der Waals surface area contributed by atoms with E-state index in [4.69, 9.17) is 4.74 Å². The fourth-order valence-corrected chi connectivity index (χ4v) is 4.26. The number of urea groups is 1. The smallest absolute Gasteiger partial charge is 0.416 e. The molecule has 9 heteroatoms. The lowest BCUT2D eigenvalue weighted by Gasteiger charge is -2.15. The summed E-state index contributed by atoms with van der Waals surface area (Å²) in [5, 5.41) is 10.3. The van der Waals surface area contributed by atoms with Crippen LogP contribution in [0.1, 0.15) is 34.9 Å². The van der Waals surface area contributed by atoms with Crippen molar-refractivity contribution in [2.75, 3.05) is 12.4 Å². The molecule has 1 heterocycles. The predicted molar refractivity (Wildman–Crippen MR) is 123 cm³/mol. The van der Waals surface area contributed by atoms with Gasteiger partial charge in [0, 0.05) is 28.9 Å². The number of alkyl halides is 3. The molecule has 0 bridgehead atoms. The first-order valence-electron chi connectivity index (χ1n) is 10.8. The zero-order chi connectivity index (χ0) is 24.5. The number of nitrogens with zero attached hydrogens (tertiary/aromatic N) is 2. The molecule has 6 nitrogen and oxygen atoms in total. The molecule has 2 atom stereocenters. The summed E-state index contributed by atoms with van der Waals surface area (Å²) in [5.74, 6) is 0.740. The Hall–Kier alpha value is -3.75. The van der Waals surface area contributed by atoms with E-state index in [9.17, 15) is 18.0 Å². The van der Waals surface area contributed by atoms with Crippen LogP contribution in [0.15, 0.2) is 60.7 Å². The number of allylic oxidation sites excluding steroid dienone is 1. The molecule has 1 aliphatic rings. The molecule has 0 unspecified atom stereocenters. The van der Waals surface area contributed by atoms with Gasteiger partial charge in [0.2, 0.25) is 0 Å². The molecular formula is C25H25F3N4O2. The third kappa shape index (κ3) is 4.93. The fraction of sp³-hybridized carbons (Fsp3) is 0.280. The van der Waals surface area contributed by atoms with Gasteiger partial charge in [-0.05, 0) is 68.8 Å². The minimum atomic E-state index is -4.38. The number of nitrogens with one attached hydrogen (secondary N) is 2. The van der Waals surface area contributed by atoms with Crippen molar-refractivity contribution in [2.24, 2.45) is 0 Å². The van der Waals surface area contributed by atoms with E-state index in [0.717, 1.165) is 29.1 Å². The fourth-order valence-electron chi connectivity index (χ4n) is 4.26. The number of aromatic nitrogens is 2. The lowest BCUT2D eigenvalue weighted by Crippen LogP contribution is -2.36. The van der Waals surface area contributed by atoms with Crippen molar-refractivity contribution >= 4 is 11.7 Å². The molecule has 3 aromatic rings. The van der Waals surface area contributed by atoms with Crippen molar-refractivity contribution in [2.45, 2.75) is 38.4 Å². The molecule has 1 aromatic heterocycles. The number of carbonyl (C=O) groups excluding carboxylic acids is 1. The Morgan fingerprint density at radius 2 is 1.74 bits per heavy atom. The monoisotopic (exact) mass is 470 g/mol. The van der Waals surface area contributed by atoms with Crippen LogP contribution in [-0.4, -0.2) is 29.0 Å². The summed E-state index contributed by atoms with van der Waals surface area (Å²) in [6, 6.07) is 11.5. The van der Waals surface area contributed by atoms with E-state index in [0.29, 0.717) is 23.5 Å². The maximum absolute atomic E-state index is 12.9. The summed E-state index contributed by atoms with van der Waals surface area (Å²) in [4.78, 5) is 12.4. The van der Waals surface area contributed by atoms with E-state index in [-0.39, 0.29) is 18.0 Å². The van der Waals surface area contributed by atoms with Crippen molar-refractivity contribution in [1.29, 1.82) is 0 Å². The first-order valence-corrected chi connectivity index (χ1v) is 10.8. The molecule has 178 valence electrons. The average Bonchev–Trinajstić information content (AvgIpc) is 3.36. The molecule has 0 aliphatic heterocycles. The largest absolute Gasteiger partial charge is 0.497 e. The number of methoxy groups -OCH3 is 1. The highest BCUT2D eigenvalue weighted by Crippen LogP contribution is 2.35. The number of benzene rings is 2. The summed E-state index contributed by atoms with van der Waals surface area (Å²) in [5.41, 5.74) is 3.19. The van der Waals surface area contributed by atoms with Crippen LogP contribution in [0.25, 0.3) is 5.69 Å². The minimum absolute atomic E-state index is 0.0366. The van der Waals surface area contributed by atoms with E-state index < -0.39 is 11.7 Å². The van der Waals surface area contributed by atoms with Gasteiger partial charge >= 0.3 is 12.2 Å². The second-order valence-corrected chi connectivity index (χ2v) is 8.20. The molecular weight excluding hydrogens is 445 g/mol. The number of hydrogen-bond donors (Lipinski definition) is 2. The van der Waals surface area contributed by atoms with Gasteiger partial charge in [-0.15, -0.1) is 0 Å². The van der Waals surface area contributed by atoms with Gasteiger partial charge in [-0.2, -0.15) is 18.3 Å². The van der Waals surface area contributed by atoms with Gasteiger partial charge in [-0.1, -0.05) is 12.2 Å². The van der Waals surface area contributed by atoms with E-state index in [2.05, 4.69) is 15.7 Å². The molecule has 0 radical (unpaired) electrons. The van der Waals surface area contributed by atoms with Gasteiger partial charge in [-0.3, -0.25) is 0 Å². The lowest BCUT2D eigenvalue weighted by molar-refractivity contribution is -0.137. The Kier molecular flexibility index (Phi) is 6.37. The number of ether oxygens (including phenoxy) is 1. The molecule has 4 rings (SSSR count). The highest BCUT2D eigenvalue weighted by molar-refractivity contribution is 5.89. The predicted octanol–water partition coefficient (Wildman–Crippen LogP) is 5.75. The Balaban J connectivity index is 1.42. The molecule has 0 saturated heterocycles. The van der Waals surface area contributed by atoms with Crippen molar-refractivity contribution in [1.82, 2.24) is 15.1 Å². The standard InChI is InChI=1S/C25H25F3N4O2/c1-15-23(16(2)32(31-15)21-10-5-18(6-11-21)25(26,27)28)17-4-7-20(14-17)30-24(33)29-19-8-12-22(34-3)13-9-19/h4-13,17,20H,14H2,1-3H3,(H2,29,30,33)/t17-,20+/m0/s1. The Morgan fingerprint density at radius 3 is 2.35 bits per heavy atom. The lowest BCUT2D eigenvalue weighted by atomic mass is 9.96. The zero-order valence-corrected chi connectivity index (χ0v) is 19.0. The van der Waals surface area contributed by atoms with Gasteiger partial charge in [0.1, 0.15) is 5.75 Å². The summed E-state index contributed by atoms with van der Waals surface area (Å²) < 4.78 is 45.4. The second kappa shape index (κ2) is 9.24. The minimum Gasteiger partial charge on any atom is -0.497 e. The Labute approximate surface area is 195 Å². The molecule has 0 spiro atoms. The average molecular weight is 470 g/mol. The summed E-state index contributed by atoms with van der Waals surface area (Å²) in [6.07, 6.45) is 0.268. The quantitative estimate of drug-likeness (QED) is 0.467. The van der Waals surface area contributed by atoms with Crippen LogP contribution in [0, 0.1) is 13.8 Å². The first-order chi connectivity index (χ1) is 16.2. The third-order valence-electron chi connectivity index (χ3n) is 5.91. The van der Waals surface area contributed by atoms with Crippen molar-refractivity contribution < 1.29 is 22.7 Å². The molecule has 2 amide bonds. The third-order valence-corrected chi connectivity index (χ3v) is 5.91. The van der Waals surface area contributed by atoms with Crippen LogP contribution in [0.5, 0.6) is 5.75 Å². The molecule has 2 aromatic carbocycles. The van der Waals surface area contributed by atoms with E-state index in [1.807, 2.05) is 26.0 Å². The highest BCUT2D eigenvalue weighted by atomic mass is 19.4. The highest BCUT2D eigenvalue weighted by Gasteiger charge is 2.31. The van der Waals surface area contributed by atoms with Crippen LogP contribution in [0.4, 0.5) is 23.7 Å². The number of aryl methyl sites for hydroxylation is 1. The Bertz CT molecular complexity index is 1200. The van der Waals surface area contributed by atoms with E-state index >= 15 is 0 Å². The Morgan fingerprint density at radius 1 is 1.06 bits per heavy atom. The van der Waals surface area contributed by atoms with Gasteiger partial charge in [0.25, 0.3) is 0 Å². The molecule has 0 fully saturated rings. The zero-order valence-electron chi connectivity index (χ0n) is 19.0. The van der Waals surface area contributed by atoms with Gasteiger partial charge < -0.3 is 15.4 Å². The first kappa shape index (κ1) is 23.4. The maximum Gasteiger partial charge on any atom is 0.416 e. The SMILES string of the molecule is COc1ccc(NC(=O)N[C@@H]2C=C[C@H](c3c(C)nn(-c4ccc(C(F)(F)F)cc4)c3C)C2)cc1. The second-order valence-electron chi connectivity index (χ2n) is 8.20. The van der Waals surface area contributed by atoms with Crippen molar-refractivity contribution in [3.63, 3.8) is 0 Å². The van der Waals surface area contributed by atoms with Gasteiger partial charge in [-0.25, -0.2) is 9.48 Å². The van der Waals surface area contributed by atoms with Crippen molar-refractivity contribution in [3.8, 4) is 11.4 Å². The van der Waals surface area contributed by atoms with E-state index in [1.165, 1.54) is 12.1 Å². The number of anilines is 1. The topological polar surface area (TPSA) is 68.2 Å². The number of amides is 2. The molecule has 2 N–H and O–H groups in total. The normalized spacial score (nSPS) is 17.6.